The Balaban J connectivity index is 1.77. The molecule has 2 aromatic carbocycles. The van der Waals surface area contributed by atoms with Crippen LogP contribution in [0.3, 0.4) is 0 Å². The standard InChI is InChI=1S/C16H11N3O4/c20-19(21)12-2-3-13-11(7-12)9-17-16(18-13)10-1-4-14-15(8-10)23-6-5-22-14/h1-4,7-9H,5-6H2. The molecule has 3 aromatic rings. The lowest BCUT2D eigenvalue weighted by Gasteiger charge is -2.18. The Labute approximate surface area is 130 Å². The number of hydrogen-bond acceptors (Lipinski definition) is 6. The first-order chi connectivity index (χ1) is 11.2. The van der Waals surface area contributed by atoms with Crippen LogP contribution in [0, 0.1) is 10.1 Å². The maximum absolute atomic E-state index is 10.8. The molecule has 0 fully saturated rings. The Hall–Kier alpha value is -3.22. The molecule has 1 aliphatic rings. The molecule has 0 spiro atoms. The summed E-state index contributed by atoms with van der Waals surface area (Å²) in [5.41, 5.74) is 1.47. The van der Waals surface area contributed by atoms with Crippen molar-refractivity contribution >= 4 is 16.6 Å². The Bertz CT molecular complexity index is 926. The van der Waals surface area contributed by atoms with Gasteiger partial charge in [-0.05, 0) is 24.3 Å². The van der Waals surface area contributed by atoms with E-state index in [0.29, 0.717) is 41.4 Å². The monoisotopic (exact) mass is 309 g/mol. The third-order valence-electron chi connectivity index (χ3n) is 3.57. The van der Waals surface area contributed by atoms with Gasteiger partial charge in [-0.1, -0.05) is 0 Å². The van der Waals surface area contributed by atoms with Crippen LogP contribution in [0.4, 0.5) is 5.69 Å². The fourth-order valence-electron chi connectivity index (χ4n) is 2.46. The molecule has 1 aliphatic heterocycles. The number of hydrogen-bond donors (Lipinski definition) is 0. The number of non-ortho nitro benzene ring substituents is 1. The van der Waals surface area contributed by atoms with Gasteiger partial charge in [-0.15, -0.1) is 0 Å². The number of aromatic nitrogens is 2. The van der Waals surface area contributed by atoms with Gasteiger partial charge in [0.15, 0.2) is 17.3 Å². The molecule has 0 atom stereocenters. The largest absolute Gasteiger partial charge is 0.486 e. The van der Waals surface area contributed by atoms with Gasteiger partial charge in [0.1, 0.15) is 13.2 Å². The van der Waals surface area contributed by atoms with Gasteiger partial charge in [0.05, 0.1) is 10.4 Å². The van der Waals surface area contributed by atoms with E-state index in [9.17, 15) is 10.1 Å². The third-order valence-corrected chi connectivity index (χ3v) is 3.57. The minimum absolute atomic E-state index is 0.0215. The summed E-state index contributed by atoms with van der Waals surface area (Å²) in [5.74, 6) is 1.90. The minimum Gasteiger partial charge on any atom is -0.486 e. The SMILES string of the molecule is O=[N+]([O-])c1ccc2nc(-c3ccc4c(c3)OCCO4)ncc2c1. The Kier molecular flexibility index (Phi) is 3.04. The second kappa shape index (κ2) is 5.20. The van der Waals surface area contributed by atoms with Crippen molar-refractivity contribution in [2.45, 2.75) is 0 Å². The first-order valence-electron chi connectivity index (χ1n) is 7.02. The molecule has 114 valence electrons. The molecule has 23 heavy (non-hydrogen) atoms. The van der Waals surface area contributed by atoms with Crippen LogP contribution in [-0.4, -0.2) is 28.1 Å². The smallest absolute Gasteiger partial charge is 0.270 e. The lowest BCUT2D eigenvalue weighted by atomic mass is 10.1. The summed E-state index contributed by atoms with van der Waals surface area (Å²) in [6, 6.07) is 10.0. The summed E-state index contributed by atoms with van der Waals surface area (Å²) in [4.78, 5) is 19.1. The van der Waals surface area contributed by atoms with E-state index in [0.717, 1.165) is 5.56 Å². The van der Waals surface area contributed by atoms with Gasteiger partial charge < -0.3 is 9.47 Å². The van der Waals surface area contributed by atoms with Crippen molar-refractivity contribution in [2.75, 3.05) is 13.2 Å². The van der Waals surface area contributed by atoms with Crippen LogP contribution in [0.15, 0.2) is 42.6 Å². The molecule has 0 N–H and O–H groups in total. The Morgan fingerprint density at radius 1 is 1.04 bits per heavy atom. The average molecular weight is 309 g/mol. The molecule has 4 rings (SSSR count). The normalized spacial score (nSPS) is 13.0. The van der Waals surface area contributed by atoms with Gasteiger partial charge in [0.2, 0.25) is 0 Å². The number of ether oxygens (including phenoxy) is 2. The molecule has 7 nitrogen and oxygen atoms in total. The van der Waals surface area contributed by atoms with Crippen molar-refractivity contribution in [2.24, 2.45) is 0 Å². The highest BCUT2D eigenvalue weighted by atomic mass is 16.6. The van der Waals surface area contributed by atoms with Crippen LogP contribution in [-0.2, 0) is 0 Å². The highest BCUT2D eigenvalue weighted by Crippen LogP contribution is 2.33. The third kappa shape index (κ3) is 2.42. The van der Waals surface area contributed by atoms with Crippen LogP contribution in [0.25, 0.3) is 22.3 Å². The van der Waals surface area contributed by atoms with E-state index in [1.165, 1.54) is 12.1 Å². The zero-order chi connectivity index (χ0) is 15.8. The minimum atomic E-state index is -0.436. The van der Waals surface area contributed by atoms with Crippen molar-refractivity contribution in [1.29, 1.82) is 0 Å². The Morgan fingerprint density at radius 3 is 2.70 bits per heavy atom. The predicted octanol–water partition coefficient (Wildman–Crippen LogP) is 2.98. The van der Waals surface area contributed by atoms with E-state index >= 15 is 0 Å². The molecule has 0 amide bonds. The molecular formula is C16H11N3O4. The number of nitro benzene ring substituents is 1. The zero-order valence-corrected chi connectivity index (χ0v) is 11.9. The van der Waals surface area contributed by atoms with E-state index in [2.05, 4.69) is 9.97 Å². The molecule has 0 unspecified atom stereocenters. The summed E-state index contributed by atoms with van der Waals surface area (Å²) < 4.78 is 11.1. The first kappa shape index (κ1) is 13.4. The maximum atomic E-state index is 10.8. The highest BCUT2D eigenvalue weighted by Gasteiger charge is 2.14. The first-order valence-corrected chi connectivity index (χ1v) is 7.02. The van der Waals surface area contributed by atoms with Crippen LogP contribution >= 0.6 is 0 Å². The van der Waals surface area contributed by atoms with Gasteiger partial charge in [-0.25, -0.2) is 9.97 Å². The van der Waals surface area contributed by atoms with Gasteiger partial charge in [-0.3, -0.25) is 10.1 Å². The van der Waals surface area contributed by atoms with Crippen molar-refractivity contribution in [3.8, 4) is 22.9 Å². The number of fused-ring (bicyclic) bond motifs is 2. The lowest BCUT2D eigenvalue weighted by molar-refractivity contribution is -0.384. The van der Waals surface area contributed by atoms with E-state index in [1.807, 2.05) is 18.2 Å². The Morgan fingerprint density at radius 2 is 1.87 bits per heavy atom. The van der Waals surface area contributed by atoms with Crippen LogP contribution in [0.1, 0.15) is 0 Å². The van der Waals surface area contributed by atoms with Gasteiger partial charge >= 0.3 is 0 Å². The van der Waals surface area contributed by atoms with E-state index < -0.39 is 4.92 Å². The van der Waals surface area contributed by atoms with Crippen LogP contribution < -0.4 is 9.47 Å². The summed E-state index contributed by atoms with van der Waals surface area (Å²) in [7, 11) is 0. The average Bonchev–Trinajstić information content (AvgIpc) is 2.60. The molecule has 0 saturated heterocycles. The lowest BCUT2D eigenvalue weighted by Crippen LogP contribution is -2.15. The predicted molar refractivity (Wildman–Crippen MR) is 82.6 cm³/mol. The molecule has 2 heterocycles. The molecular weight excluding hydrogens is 298 g/mol. The summed E-state index contributed by atoms with van der Waals surface area (Å²) in [6.45, 7) is 1.05. The number of nitrogens with zero attached hydrogens (tertiary/aromatic N) is 3. The molecule has 0 aliphatic carbocycles. The fraction of sp³-hybridized carbons (Fsp3) is 0.125. The zero-order valence-electron chi connectivity index (χ0n) is 11.9. The second-order valence-corrected chi connectivity index (χ2v) is 5.05. The molecule has 1 aromatic heterocycles. The molecule has 7 heteroatoms. The second-order valence-electron chi connectivity index (χ2n) is 5.05. The van der Waals surface area contributed by atoms with E-state index in [1.54, 1.807) is 12.3 Å². The highest BCUT2D eigenvalue weighted by molar-refractivity contribution is 5.82. The number of benzene rings is 2. The summed E-state index contributed by atoms with van der Waals surface area (Å²) in [5, 5.41) is 11.4. The molecule has 0 bridgehead atoms. The van der Waals surface area contributed by atoms with Gasteiger partial charge in [-0.2, -0.15) is 0 Å². The fourth-order valence-corrected chi connectivity index (χ4v) is 2.46. The van der Waals surface area contributed by atoms with E-state index in [-0.39, 0.29) is 5.69 Å². The van der Waals surface area contributed by atoms with Crippen LogP contribution in [0.5, 0.6) is 11.5 Å². The number of rotatable bonds is 2. The quantitative estimate of drug-likeness (QED) is 0.534. The van der Waals surface area contributed by atoms with Crippen molar-refractivity contribution in [3.05, 3.63) is 52.7 Å². The summed E-state index contributed by atoms with van der Waals surface area (Å²) in [6.07, 6.45) is 1.58. The van der Waals surface area contributed by atoms with Gasteiger partial charge in [0, 0.05) is 29.3 Å². The molecule has 0 radical (unpaired) electrons. The van der Waals surface area contributed by atoms with E-state index in [4.69, 9.17) is 9.47 Å². The van der Waals surface area contributed by atoms with Gasteiger partial charge in [0.25, 0.3) is 5.69 Å². The topological polar surface area (TPSA) is 87.4 Å². The summed E-state index contributed by atoms with van der Waals surface area (Å²) >= 11 is 0. The van der Waals surface area contributed by atoms with Crippen LogP contribution in [0.2, 0.25) is 0 Å². The molecule has 0 saturated carbocycles. The maximum Gasteiger partial charge on any atom is 0.270 e. The number of nitro groups is 1. The van der Waals surface area contributed by atoms with Crippen molar-refractivity contribution < 1.29 is 14.4 Å². The van der Waals surface area contributed by atoms with Crippen molar-refractivity contribution in [1.82, 2.24) is 9.97 Å². The van der Waals surface area contributed by atoms with Crippen molar-refractivity contribution in [3.63, 3.8) is 0 Å².